The highest BCUT2D eigenvalue weighted by molar-refractivity contribution is 9.10. The van der Waals surface area contributed by atoms with Crippen molar-refractivity contribution in [3.05, 3.63) is 54.1 Å². The molecule has 0 aliphatic rings. The molecule has 0 unspecified atom stereocenters. The molecule has 0 saturated carbocycles. The summed E-state index contributed by atoms with van der Waals surface area (Å²) in [5.41, 5.74) is -0.0879. The van der Waals surface area contributed by atoms with Crippen LogP contribution in [0.1, 0.15) is 4.88 Å². The lowest BCUT2D eigenvalue weighted by molar-refractivity contribution is -0.385. The van der Waals surface area contributed by atoms with Crippen LogP contribution < -0.4 is 4.74 Å². The molecule has 0 spiro atoms. The molecule has 7 heteroatoms. The van der Waals surface area contributed by atoms with Gasteiger partial charge in [-0.05, 0) is 28.1 Å². The van der Waals surface area contributed by atoms with Crippen LogP contribution in [0.15, 0.2) is 34.1 Å². The van der Waals surface area contributed by atoms with E-state index in [9.17, 15) is 10.1 Å². The number of benzene rings is 1. The Hall–Kier alpha value is -1.11. The van der Waals surface area contributed by atoms with Crippen molar-refractivity contribution in [2.45, 2.75) is 6.61 Å². The number of halogens is 2. The number of nitrogens with zero attached hydrogens (tertiary/aromatic N) is 1. The maximum Gasteiger partial charge on any atom is 0.311 e. The van der Waals surface area contributed by atoms with E-state index >= 15 is 0 Å². The van der Waals surface area contributed by atoms with E-state index in [-0.39, 0.29) is 18.0 Å². The molecule has 94 valence electrons. The first-order chi connectivity index (χ1) is 8.56. The van der Waals surface area contributed by atoms with E-state index in [1.807, 2.05) is 11.4 Å². The molecule has 0 atom stereocenters. The summed E-state index contributed by atoms with van der Waals surface area (Å²) in [6.45, 7) is 0.275. The average molecular weight is 349 g/mol. The second kappa shape index (κ2) is 5.69. The predicted molar refractivity (Wildman–Crippen MR) is 74.5 cm³/mol. The van der Waals surface area contributed by atoms with Crippen LogP contribution in [0.3, 0.4) is 0 Å². The van der Waals surface area contributed by atoms with E-state index in [4.69, 9.17) is 16.3 Å². The summed E-state index contributed by atoms with van der Waals surface area (Å²) < 4.78 is 6.41. The van der Waals surface area contributed by atoms with Crippen LogP contribution in [-0.2, 0) is 6.61 Å². The molecule has 0 aliphatic carbocycles. The summed E-state index contributed by atoms with van der Waals surface area (Å²) in [6, 6.07) is 6.15. The van der Waals surface area contributed by atoms with E-state index in [1.165, 1.54) is 29.5 Å². The van der Waals surface area contributed by atoms with Gasteiger partial charge in [-0.3, -0.25) is 10.1 Å². The highest BCUT2D eigenvalue weighted by Crippen LogP contribution is 2.31. The maximum absolute atomic E-state index is 10.8. The highest BCUT2D eigenvalue weighted by Gasteiger charge is 2.15. The molecule has 2 rings (SSSR count). The van der Waals surface area contributed by atoms with Crippen molar-refractivity contribution in [2.75, 3.05) is 0 Å². The van der Waals surface area contributed by atoms with E-state index < -0.39 is 4.92 Å². The molecule has 2 aromatic rings. The largest absolute Gasteiger partial charge is 0.481 e. The van der Waals surface area contributed by atoms with Gasteiger partial charge >= 0.3 is 5.69 Å². The van der Waals surface area contributed by atoms with Crippen LogP contribution >= 0.6 is 38.9 Å². The average Bonchev–Trinajstić information content (AvgIpc) is 2.72. The Labute approximate surface area is 120 Å². The summed E-state index contributed by atoms with van der Waals surface area (Å²) in [6.07, 6.45) is 0. The summed E-state index contributed by atoms with van der Waals surface area (Å²) in [4.78, 5) is 11.3. The molecule has 4 nitrogen and oxygen atoms in total. The van der Waals surface area contributed by atoms with Gasteiger partial charge in [0.2, 0.25) is 0 Å². The minimum Gasteiger partial charge on any atom is -0.481 e. The molecule has 0 radical (unpaired) electrons. The summed E-state index contributed by atoms with van der Waals surface area (Å²) in [5, 5.41) is 13.2. The van der Waals surface area contributed by atoms with Crippen molar-refractivity contribution in [1.29, 1.82) is 0 Å². The molecule has 0 amide bonds. The minimum absolute atomic E-state index is 0.0879. The third-order valence-electron chi connectivity index (χ3n) is 2.11. The zero-order chi connectivity index (χ0) is 13.1. The molecular formula is C11H7BrClNO3S. The Morgan fingerprint density at radius 1 is 1.44 bits per heavy atom. The zero-order valence-electron chi connectivity index (χ0n) is 8.93. The number of thiophene rings is 1. The van der Waals surface area contributed by atoms with Gasteiger partial charge in [-0.2, -0.15) is 0 Å². The molecule has 0 aliphatic heterocycles. The van der Waals surface area contributed by atoms with Crippen molar-refractivity contribution < 1.29 is 9.66 Å². The van der Waals surface area contributed by atoms with Crippen LogP contribution in [-0.4, -0.2) is 4.92 Å². The lowest BCUT2D eigenvalue weighted by atomic mass is 10.3. The van der Waals surface area contributed by atoms with Crippen LogP contribution in [0.25, 0.3) is 0 Å². The first-order valence-electron chi connectivity index (χ1n) is 4.86. The molecule has 1 heterocycles. The van der Waals surface area contributed by atoms with Gasteiger partial charge in [-0.1, -0.05) is 11.6 Å². The monoisotopic (exact) mass is 347 g/mol. The van der Waals surface area contributed by atoms with Crippen molar-refractivity contribution in [3.8, 4) is 5.75 Å². The molecule has 0 saturated heterocycles. The lowest BCUT2D eigenvalue weighted by Crippen LogP contribution is -1.97. The van der Waals surface area contributed by atoms with Gasteiger partial charge in [-0.15, -0.1) is 11.3 Å². The second-order valence-electron chi connectivity index (χ2n) is 3.39. The van der Waals surface area contributed by atoms with Gasteiger partial charge in [0.25, 0.3) is 0 Å². The van der Waals surface area contributed by atoms with Gasteiger partial charge in [0.05, 0.1) is 4.92 Å². The highest BCUT2D eigenvalue weighted by atomic mass is 79.9. The van der Waals surface area contributed by atoms with Crippen molar-refractivity contribution in [1.82, 2.24) is 0 Å². The molecule has 1 aromatic heterocycles. The molecule has 0 bridgehead atoms. The van der Waals surface area contributed by atoms with Gasteiger partial charge in [0, 0.05) is 31.9 Å². The SMILES string of the molecule is O=[N+]([O-])c1ccc(Cl)cc1OCc1cc(Br)cs1. The first-order valence-corrected chi connectivity index (χ1v) is 6.91. The van der Waals surface area contributed by atoms with Gasteiger partial charge in [-0.25, -0.2) is 0 Å². The first kappa shape index (κ1) is 13.3. The van der Waals surface area contributed by atoms with Crippen molar-refractivity contribution in [2.24, 2.45) is 0 Å². The fraction of sp³-hybridized carbons (Fsp3) is 0.0909. The summed E-state index contributed by atoms with van der Waals surface area (Å²) in [5.74, 6) is 0.178. The van der Waals surface area contributed by atoms with E-state index in [1.54, 1.807) is 0 Å². The number of rotatable bonds is 4. The van der Waals surface area contributed by atoms with Gasteiger partial charge in [0.1, 0.15) is 6.61 Å². The summed E-state index contributed by atoms with van der Waals surface area (Å²) >= 11 is 10.6. The number of hydrogen-bond donors (Lipinski definition) is 0. The molecule has 0 fully saturated rings. The standard InChI is InChI=1S/C11H7BrClNO3S/c12-7-3-9(18-6-7)5-17-11-4-8(13)1-2-10(11)14(15)16/h1-4,6H,5H2. The zero-order valence-corrected chi connectivity index (χ0v) is 12.1. The number of ether oxygens (including phenoxy) is 1. The Bertz CT molecular complexity index is 587. The number of nitro benzene ring substituents is 1. The predicted octanol–water partition coefficient (Wildman–Crippen LogP) is 4.65. The van der Waals surface area contributed by atoms with E-state index in [2.05, 4.69) is 15.9 Å². The summed E-state index contributed by atoms with van der Waals surface area (Å²) in [7, 11) is 0. The lowest BCUT2D eigenvalue weighted by Gasteiger charge is -2.05. The van der Waals surface area contributed by atoms with E-state index in [0.29, 0.717) is 5.02 Å². The molecular weight excluding hydrogens is 342 g/mol. The quantitative estimate of drug-likeness (QED) is 0.597. The molecule has 0 N–H and O–H groups in total. The Kier molecular flexibility index (Phi) is 4.21. The van der Waals surface area contributed by atoms with Crippen molar-refractivity contribution in [3.63, 3.8) is 0 Å². The third-order valence-corrected chi connectivity index (χ3v) is 4.02. The fourth-order valence-electron chi connectivity index (χ4n) is 1.33. The Morgan fingerprint density at radius 3 is 2.83 bits per heavy atom. The van der Waals surface area contributed by atoms with Crippen LogP contribution in [0.2, 0.25) is 5.02 Å². The van der Waals surface area contributed by atoms with E-state index in [0.717, 1.165) is 9.35 Å². The topological polar surface area (TPSA) is 52.4 Å². The third kappa shape index (κ3) is 3.22. The molecule has 18 heavy (non-hydrogen) atoms. The van der Waals surface area contributed by atoms with Crippen molar-refractivity contribution >= 4 is 44.6 Å². The van der Waals surface area contributed by atoms with Crippen LogP contribution in [0.4, 0.5) is 5.69 Å². The number of hydrogen-bond acceptors (Lipinski definition) is 4. The molecule has 1 aromatic carbocycles. The smallest absolute Gasteiger partial charge is 0.311 e. The normalized spacial score (nSPS) is 10.3. The van der Waals surface area contributed by atoms with Gasteiger partial charge < -0.3 is 4.74 Å². The Balaban J connectivity index is 2.17. The number of nitro groups is 1. The van der Waals surface area contributed by atoms with Crippen LogP contribution in [0, 0.1) is 10.1 Å². The maximum atomic E-state index is 10.8. The van der Waals surface area contributed by atoms with Crippen LogP contribution in [0.5, 0.6) is 5.75 Å². The van der Waals surface area contributed by atoms with Gasteiger partial charge in [0.15, 0.2) is 5.75 Å². The minimum atomic E-state index is -0.490. The Morgan fingerprint density at radius 2 is 2.22 bits per heavy atom. The fourth-order valence-corrected chi connectivity index (χ4v) is 2.86. The second-order valence-corrected chi connectivity index (χ2v) is 5.74.